The molecule has 3 aromatic rings. The maximum absolute atomic E-state index is 12.9. The van der Waals surface area contributed by atoms with Gasteiger partial charge in [0.15, 0.2) is 5.69 Å². The van der Waals surface area contributed by atoms with Crippen molar-refractivity contribution in [2.45, 2.75) is 77.2 Å². The lowest BCUT2D eigenvalue weighted by Crippen LogP contribution is -2.40. The van der Waals surface area contributed by atoms with E-state index < -0.39 is 11.9 Å². The molecule has 39 heavy (non-hydrogen) atoms. The molecule has 1 aliphatic carbocycles. The predicted molar refractivity (Wildman–Crippen MR) is 141 cm³/mol. The molecule has 5 rings (SSSR count). The maximum atomic E-state index is 12.9. The zero-order chi connectivity index (χ0) is 27.7. The summed E-state index contributed by atoms with van der Waals surface area (Å²) < 4.78 is 40.0. The van der Waals surface area contributed by atoms with Crippen LogP contribution in [0.1, 0.15) is 77.8 Å². The molecule has 1 aromatic carbocycles. The van der Waals surface area contributed by atoms with Crippen LogP contribution >= 0.6 is 11.3 Å². The van der Waals surface area contributed by atoms with Gasteiger partial charge in [-0.2, -0.15) is 18.3 Å². The monoisotopic (exact) mass is 559 g/mol. The van der Waals surface area contributed by atoms with Crippen molar-refractivity contribution in [3.05, 3.63) is 68.9 Å². The molecule has 11 heteroatoms. The second kappa shape index (κ2) is 11.1. The molecule has 1 aliphatic heterocycles. The Morgan fingerprint density at radius 3 is 2.59 bits per heavy atom. The van der Waals surface area contributed by atoms with Crippen LogP contribution in [0.4, 0.5) is 13.2 Å². The first kappa shape index (κ1) is 27.4. The number of amides is 2. The molecule has 0 bridgehead atoms. The number of nitrogens with zero attached hydrogens (tertiary/aromatic N) is 5. The Morgan fingerprint density at radius 1 is 1.15 bits per heavy atom. The summed E-state index contributed by atoms with van der Waals surface area (Å²) in [6.07, 6.45) is -0.0406. The predicted octanol–water partition coefficient (Wildman–Crippen LogP) is 5.50. The number of hydrogen-bond donors (Lipinski definition) is 0. The number of thiazole rings is 1. The van der Waals surface area contributed by atoms with E-state index in [2.05, 4.69) is 17.2 Å². The minimum Gasteiger partial charge on any atom is -0.341 e. The van der Waals surface area contributed by atoms with Gasteiger partial charge >= 0.3 is 6.18 Å². The Balaban J connectivity index is 1.19. The molecule has 0 unspecified atom stereocenters. The molecule has 1 fully saturated rings. The van der Waals surface area contributed by atoms with Gasteiger partial charge in [0.1, 0.15) is 6.54 Å². The summed E-state index contributed by atoms with van der Waals surface area (Å²) in [4.78, 5) is 34.0. The summed E-state index contributed by atoms with van der Waals surface area (Å²) >= 11 is 1.59. The minimum absolute atomic E-state index is 0.0350. The molecular weight excluding hydrogens is 527 g/mol. The maximum Gasteiger partial charge on any atom is 0.435 e. The Kier molecular flexibility index (Phi) is 7.80. The lowest BCUT2D eigenvalue weighted by molar-refractivity contribution is -0.142. The molecule has 2 aliphatic rings. The van der Waals surface area contributed by atoms with Crippen molar-refractivity contribution in [3.8, 4) is 0 Å². The molecule has 208 valence electrons. The van der Waals surface area contributed by atoms with E-state index in [9.17, 15) is 22.8 Å². The number of benzene rings is 1. The number of fused-ring (bicyclic) bond motifs is 1. The van der Waals surface area contributed by atoms with Crippen LogP contribution in [0.5, 0.6) is 0 Å². The fourth-order valence-electron chi connectivity index (χ4n) is 5.66. The third kappa shape index (κ3) is 6.03. The number of carbonyl (C=O) groups is 2. The van der Waals surface area contributed by atoms with E-state index in [0.717, 1.165) is 53.6 Å². The fourth-order valence-corrected chi connectivity index (χ4v) is 6.65. The molecule has 2 amide bonds. The summed E-state index contributed by atoms with van der Waals surface area (Å²) in [5.41, 5.74) is 2.73. The van der Waals surface area contributed by atoms with Crippen LogP contribution in [0, 0.1) is 6.92 Å². The van der Waals surface area contributed by atoms with Crippen molar-refractivity contribution in [1.29, 1.82) is 0 Å². The van der Waals surface area contributed by atoms with Crippen LogP contribution in [0.2, 0.25) is 0 Å². The molecule has 0 N–H and O–H groups in total. The summed E-state index contributed by atoms with van der Waals surface area (Å²) in [6.45, 7) is 4.42. The van der Waals surface area contributed by atoms with E-state index in [1.165, 1.54) is 18.1 Å². The van der Waals surface area contributed by atoms with E-state index >= 15 is 0 Å². The molecule has 0 saturated carbocycles. The van der Waals surface area contributed by atoms with Gasteiger partial charge < -0.3 is 9.80 Å². The number of rotatable bonds is 6. The number of hydrogen-bond acceptors (Lipinski definition) is 5. The molecule has 0 spiro atoms. The van der Waals surface area contributed by atoms with Crippen LogP contribution < -0.4 is 0 Å². The van der Waals surface area contributed by atoms with Crippen molar-refractivity contribution < 1.29 is 22.8 Å². The van der Waals surface area contributed by atoms with Gasteiger partial charge in [-0.25, -0.2) is 4.98 Å². The lowest BCUT2D eigenvalue weighted by atomic mass is 9.86. The third-order valence-corrected chi connectivity index (χ3v) is 8.83. The molecule has 1 atom stereocenters. The summed E-state index contributed by atoms with van der Waals surface area (Å²) in [7, 11) is 0. The van der Waals surface area contributed by atoms with Crippen LogP contribution in [0.3, 0.4) is 0 Å². The highest BCUT2D eigenvalue weighted by Gasteiger charge is 2.35. The quantitative estimate of drug-likeness (QED) is 0.400. The summed E-state index contributed by atoms with van der Waals surface area (Å²) in [5, 5.41) is 6.60. The van der Waals surface area contributed by atoms with Crippen molar-refractivity contribution in [1.82, 2.24) is 24.6 Å². The SMILES string of the molecule is CC(=O)N(Cc1csc(C2CCN(C(=O)Cn3nc(C(F)(F)F)cc3C)CC2)n1)[C@@H]1CCCc2ccccc21. The van der Waals surface area contributed by atoms with Crippen LogP contribution in [0.15, 0.2) is 35.7 Å². The molecule has 3 heterocycles. The van der Waals surface area contributed by atoms with E-state index in [1.54, 1.807) is 23.2 Å². The van der Waals surface area contributed by atoms with Gasteiger partial charge in [-0.3, -0.25) is 14.3 Å². The van der Waals surface area contributed by atoms with Gasteiger partial charge in [-0.05, 0) is 56.2 Å². The average molecular weight is 560 g/mol. The van der Waals surface area contributed by atoms with Crippen molar-refractivity contribution in [3.63, 3.8) is 0 Å². The number of carbonyl (C=O) groups excluding carboxylic acids is 2. The van der Waals surface area contributed by atoms with E-state index in [0.29, 0.717) is 25.3 Å². The number of alkyl halides is 3. The van der Waals surface area contributed by atoms with Gasteiger partial charge in [-0.1, -0.05) is 24.3 Å². The van der Waals surface area contributed by atoms with E-state index in [1.807, 2.05) is 22.4 Å². The second-order valence-corrected chi connectivity index (χ2v) is 11.3. The molecule has 7 nitrogen and oxygen atoms in total. The highest BCUT2D eigenvalue weighted by atomic mass is 32.1. The topological polar surface area (TPSA) is 71.3 Å². The molecular formula is C28H32F3N5O2S. The summed E-state index contributed by atoms with van der Waals surface area (Å²) in [6, 6.07) is 9.36. The smallest absolute Gasteiger partial charge is 0.341 e. The normalized spacial score (nSPS) is 18.2. The molecule has 1 saturated heterocycles. The van der Waals surface area contributed by atoms with Gasteiger partial charge in [0.25, 0.3) is 0 Å². The van der Waals surface area contributed by atoms with E-state index in [-0.39, 0.29) is 30.3 Å². The van der Waals surface area contributed by atoms with E-state index in [4.69, 9.17) is 4.98 Å². The first-order chi connectivity index (χ1) is 18.6. The van der Waals surface area contributed by atoms with Gasteiger partial charge in [0, 0.05) is 37.0 Å². The highest BCUT2D eigenvalue weighted by Crippen LogP contribution is 2.36. The van der Waals surface area contributed by atoms with Crippen molar-refractivity contribution in [2.24, 2.45) is 0 Å². The summed E-state index contributed by atoms with van der Waals surface area (Å²) in [5.74, 6) is 0.00293. The number of halogens is 3. The number of aryl methyl sites for hydroxylation is 2. The fraction of sp³-hybridized carbons (Fsp3) is 0.500. The Morgan fingerprint density at radius 2 is 1.90 bits per heavy atom. The zero-order valence-corrected chi connectivity index (χ0v) is 22.9. The van der Waals surface area contributed by atoms with Crippen molar-refractivity contribution >= 4 is 23.2 Å². The number of piperidine rings is 1. The zero-order valence-electron chi connectivity index (χ0n) is 22.1. The van der Waals surface area contributed by atoms with Gasteiger partial charge in [-0.15, -0.1) is 11.3 Å². The Hall–Kier alpha value is -3.21. The van der Waals surface area contributed by atoms with Gasteiger partial charge in [0.05, 0.1) is 23.3 Å². The largest absolute Gasteiger partial charge is 0.435 e. The van der Waals surface area contributed by atoms with Crippen LogP contribution in [-0.4, -0.2) is 49.5 Å². The first-order valence-corrected chi connectivity index (χ1v) is 14.2. The minimum atomic E-state index is -4.54. The van der Waals surface area contributed by atoms with Crippen LogP contribution in [0.25, 0.3) is 0 Å². The Bertz CT molecular complexity index is 1340. The first-order valence-electron chi connectivity index (χ1n) is 13.3. The average Bonchev–Trinajstić information content (AvgIpc) is 3.53. The lowest BCUT2D eigenvalue weighted by Gasteiger charge is -2.35. The third-order valence-electron chi connectivity index (χ3n) is 7.77. The second-order valence-electron chi connectivity index (χ2n) is 10.4. The molecule has 2 aromatic heterocycles. The Labute approximate surface area is 229 Å². The number of likely N-dealkylation sites (tertiary alicyclic amines) is 1. The standard InChI is InChI=1S/C28H32F3N5O2S/c1-18-14-25(28(29,30)31)33-36(18)16-26(38)34-12-10-21(11-13-34)27-32-22(17-39-27)15-35(19(2)37)24-9-5-7-20-6-3-4-8-23(20)24/h3-4,6,8,14,17,21,24H,5,7,9-13,15-16H2,1-2H3/t24-/m1/s1. The highest BCUT2D eigenvalue weighted by molar-refractivity contribution is 7.09. The van der Waals surface area contributed by atoms with Crippen LogP contribution in [-0.2, 0) is 35.3 Å². The van der Waals surface area contributed by atoms with Crippen molar-refractivity contribution in [2.75, 3.05) is 13.1 Å². The molecule has 0 radical (unpaired) electrons. The number of aromatic nitrogens is 3. The van der Waals surface area contributed by atoms with Gasteiger partial charge in [0.2, 0.25) is 11.8 Å².